The molecule has 0 saturated heterocycles. The van der Waals surface area contributed by atoms with Gasteiger partial charge >= 0.3 is 0 Å². The molecular formula is C13H17ClN4O3. The van der Waals surface area contributed by atoms with E-state index in [2.05, 4.69) is 9.97 Å². The number of primary amides is 1. The van der Waals surface area contributed by atoms with E-state index in [0.717, 1.165) is 11.3 Å². The molecule has 2 rings (SSSR count). The Labute approximate surface area is 127 Å². The highest BCUT2D eigenvalue weighted by Crippen LogP contribution is 2.18. The molecule has 7 nitrogen and oxygen atoms in total. The lowest BCUT2D eigenvalue weighted by Crippen LogP contribution is -2.20. The van der Waals surface area contributed by atoms with Crippen LogP contribution in [0.1, 0.15) is 5.82 Å². The van der Waals surface area contributed by atoms with Crippen molar-refractivity contribution in [3.8, 4) is 5.88 Å². The van der Waals surface area contributed by atoms with Crippen molar-refractivity contribution >= 4 is 28.7 Å². The molecule has 0 bridgehead atoms. The Bertz CT molecular complexity index is 629. The SMILES string of the molecule is COc1ccc2nc(CCCl)n(CCOCC(N)=O)c2n1. The number of ether oxygens (including phenoxy) is 2. The van der Waals surface area contributed by atoms with Crippen LogP contribution >= 0.6 is 11.6 Å². The summed E-state index contributed by atoms with van der Waals surface area (Å²) in [5, 5.41) is 0. The van der Waals surface area contributed by atoms with Crippen molar-refractivity contribution in [1.82, 2.24) is 14.5 Å². The highest BCUT2D eigenvalue weighted by Gasteiger charge is 2.12. The summed E-state index contributed by atoms with van der Waals surface area (Å²) in [5.74, 6) is 1.30. The van der Waals surface area contributed by atoms with Crippen LogP contribution in [0.2, 0.25) is 0 Å². The van der Waals surface area contributed by atoms with Crippen LogP contribution in [0.5, 0.6) is 5.88 Å². The molecule has 0 aliphatic heterocycles. The molecule has 2 N–H and O–H groups in total. The molecule has 0 unspecified atom stereocenters. The van der Waals surface area contributed by atoms with E-state index in [1.165, 1.54) is 0 Å². The number of carbonyl (C=O) groups is 1. The van der Waals surface area contributed by atoms with E-state index in [9.17, 15) is 4.79 Å². The molecule has 2 aromatic rings. The molecule has 0 aromatic carbocycles. The Kier molecular flexibility index (Phi) is 5.35. The second-order valence-electron chi connectivity index (χ2n) is 4.33. The molecule has 2 heterocycles. The molecule has 21 heavy (non-hydrogen) atoms. The molecule has 0 spiro atoms. The highest BCUT2D eigenvalue weighted by molar-refractivity contribution is 6.17. The highest BCUT2D eigenvalue weighted by atomic mass is 35.5. The number of rotatable bonds is 8. The summed E-state index contributed by atoms with van der Waals surface area (Å²) in [6, 6.07) is 3.60. The molecule has 0 aliphatic carbocycles. The van der Waals surface area contributed by atoms with Crippen molar-refractivity contribution in [2.45, 2.75) is 13.0 Å². The third-order valence-electron chi connectivity index (χ3n) is 2.88. The Hall–Kier alpha value is -1.86. The van der Waals surface area contributed by atoms with Gasteiger partial charge in [-0.2, -0.15) is 4.98 Å². The summed E-state index contributed by atoms with van der Waals surface area (Å²) in [7, 11) is 1.56. The summed E-state index contributed by atoms with van der Waals surface area (Å²) in [6.07, 6.45) is 0.621. The Balaban J connectivity index is 2.23. The third-order valence-corrected chi connectivity index (χ3v) is 3.07. The average Bonchev–Trinajstić information content (AvgIpc) is 2.80. The smallest absolute Gasteiger partial charge is 0.243 e. The minimum atomic E-state index is -0.494. The Morgan fingerprint density at radius 3 is 2.90 bits per heavy atom. The molecule has 8 heteroatoms. The maximum atomic E-state index is 10.7. The van der Waals surface area contributed by atoms with Gasteiger partial charge in [-0.15, -0.1) is 11.6 Å². The number of halogens is 1. The van der Waals surface area contributed by atoms with Crippen molar-refractivity contribution in [1.29, 1.82) is 0 Å². The van der Waals surface area contributed by atoms with Crippen LogP contribution in [-0.4, -0.2) is 46.6 Å². The van der Waals surface area contributed by atoms with Gasteiger partial charge in [0.25, 0.3) is 0 Å². The van der Waals surface area contributed by atoms with E-state index < -0.39 is 5.91 Å². The number of amides is 1. The third kappa shape index (κ3) is 3.83. The molecule has 0 aliphatic rings. The summed E-state index contributed by atoms with van der Waals surface area (Å²) >= 11 is 5.81. The normalized spacial score (nSPS) is 11.0. The van der Waals surface area contributed by atoms with E-state index in [1.807, 2.05) is 10.6 Å². The minimum Gasteiger partial charge on any atom is -0.481 e. The lowest BCUT2D eigenvalue weighted by Gasteiger charge is -2.08. The lowest BCUT2D eigenvalue weighted by atomic mass is 10.4. The van der Waals surface area contributed by atoms with Crippen LogP contribution in [0, 0.1) is 0 Å². The van der Waals surface area contributed by atoms with Crippen LogP contribution in [-0.2, 0) is 22.5 Å². The fourth-order valence-electron chi connectivity index (χ4n) is 1.98. The number of aromatic nitrogens is 3. The van der Waals surface area contributed by atoms with Gasteiger partial charge in [0.15, 0.2) is 5.65 Å². The van der Waals surface area contributed by atoms with Crippen molar-refractivity contribution < 1.29 is 14.3 Å². The maximum absolute atomic E-state index is 10.7. The van der Waals surface area contributed by atoms with Crippen LogP contribution in [0.25, 0.3) is 11.2 Å². The average molecular weight is 313 g/mol. The zero-order valence-electron chi connectivity index (χ0n) is 11.7. The van der Waals surface area contributed by atoms with Crippen molar-refractivity contribution in [2.24, 2.45) is 5.73 Å². The Morgan fingerprint density at radius 1 is 1.43 bits per heavy atom. The number of hydrogen-bond acceptors (Lipinski definition) is 5. The fourth-order valence-corrected chi connectivity index (χ4v) is 2.15. The van der Waals surface area contributed by atoms with E-state index in [0.29, 0.717) is 37.0 Å². The van der Waals surface area contributed by atoms with E-state index in [4.69, 9.17) is 26.8 Å². The van der Waals surface area contributed by atoms with Crippen molar-refractivity contribution in [3.63, 3.8) is 0 Å². The zero-order valence-corrected chi connectivity index (χ0v) is 12.5. The van der Waals surface area contributed by atoms with Gasteiger partial charge < -0.3 is 19.8 Å². The predicted octanol–water partition coefficient (Wildman–Crippen LogP) is 0.723. The maximum Gasteiger partial charge on any atom is 0.243 e. The van der Waals surface area contributed by atoms with Gasteiger partial charge in [0.05, 0.1) is 13.7 Å². The number of fused-ring (bicyclic) bond motifs is 1. The first-order valence-corrected chi connectivity index (χ1v) is 7.01. The van der Waals surface area contributed by atoms with E-state index >= 15 is 0 Å². The molecule has 114 valence electrons. The monoisotopic (exact) mass is 312 g/mol. The lowest BCUT2D eigenvalue weighted by molar-refractivity contribution is -0.122. The van der Waals surface area contributed by atoms with Gasteiger partial charge in [-0.1, -0.05) is 0 Å². The molecule has 0 radical (unpaired) electrons. The second-order valence-corrected chi connectivity index (χ2v) is 4.71. The van der Waals surface area contributed by atoms with E-state index in [-0.39, 0.29) is 6.61 Å². The van der Waals surface area contributed by atoms with Crippen LogP contribution in [0.4, 0.5) is 0 Å². The topological polar surface area (TPSA) is 92.3 Å². The second kappa shape index (κ2) is 7.24. The number of methoxy groups -OCH3 is 1. The van der Waals surface area contributed by atoms with E-state index in [1.54, 1.807) is 13.2 Å². The molecular weight excluding hydrogens is 296 g/mol. The quantitative estimate of drug-likeness (QED) is 0.573. The number of imidazole rings is 1. The summed E-state index contributed by atoms with van der Waals surface area (Å²) in [5.41, 5.74) is 6.50. The minimum absolute atomic E-state index is 0.103. The first-order chi connectivity index (χ1) is 10.2. The van der Waals surface area contributed by atoms with Gasteiger partial charge in [0, 0.05) is 24.9 Å². The number of nitrogens with zero attached hydrogens (tertiary/aromatic N) is 3. The standard InChI is InChI=1S/C13H17ClN4O3/c1-20-12-3-2-9-13(17-12)18(11(16-9)4-5-14)6-7-21-8-10(15)19/h2-3H,4-8H2,1H3,(H2,15,19). The Morgan fingerprint density at radius 2 is 2.24 bits per heavy atom. The predicted molar refractivity (Wildman–Crippen MR) is 78.5 cm³/mol. The fraction of sp³-hybridized carbons (Fsp3) is 0.462. The summed E-state index contributed by atoms with van der Waals surface area (Å²) in [4.78, 5) is 19.6. The van der Waals surface area contributed by atoms with Gasteiger partial charge in [0.2, 0.25) is 11.8 Å². The van der Waals surface area contributed by atoms with Crippen LogP contribution in [0.3, 0.4) is 0 Å². The van der Waals surface area contributed by atoms with Gasteiger partial charge in [-0.25, -0.2) is 4.98 Å². The number of alkyl halides is 1. The molecule has 0 fully saturated rings. The van der Waals surface area contributed by atoms with Crippen LogP contribution < -0.4 is 10.5 Å². The van der Waals surface area contributed by atoms with Crippen LogP contribution in [0.15, 0.2) is 12.1 Å². The van der Waals surface area contributed by atoms with Gasteiger partial charge in [0.1, 0.15) is 17.9 Å². The van der Waals surface area contributed by atoms with Crippen molar-refractivity contribution in [2.75, 3.05) is 26.2 Å². The van der Waals surface area contributed by atoms with Gasteiger partial charge in [-0.05, 0) is 6.07 Å². The molecule has 1 amide bonds. The number of carbonyl (C=O) groups excluding carboxylic acids is 1. The number of pyridine rings is 1. The first kappa shape index (κ1) is 15.5. The molecule has 0 atom stereocenters. The van der Waals surface area contributed by atoms with Gasteiger partial charge in [-0.3, -0.25) is 4.79 Å². The zero-order chi connectivity index (χ0) is 15.2. The summed E-state index contributed by atoms with van der Waals surface area (Å²) < 4.78 is 12.2. The first-order valence-electron chi connectivity index (χ1n) is 6.48. The molecule has 2 aromatic heterocycles. The largest absolute Gasteiger partial charge is 0.481 e. The molecule has 0 saturated carbocycles. The number of hydrogen-bond donors (Lipinski definition) is 1. The van der Waals surface area contributed by atoms with Crippen molar-refractivity contribution in [3.05, 3.63) is 18.0 Å². The summed E-state index contributed by atoms with van der Waals surface area (Å²) in [6.45, 7) is 0.743. The number of nitrogens with two attached hydrogens (primary N) is 1. The number of aryl methyl sites for hydroxylation is 1.